The van der Waals surface area contributed by atoms with Crippen LogP contribution < -0.4 is 0 Å². The highest BCUT2D eigenvalue weighted by Crippen LogP contribution is 2.13. The Balaban J connectivity index is 2.52. The van der Waals surface area contributed by atoms with Gasteiger partial charge in [-0.25, -0.2) is 9.97 Å². The molecular weight excluding hydrogens is 168 g/mol. The van der Waals surface area contributed by atoms with Crippen LogP contribution in [0.1, 0.15) is 25.4 Å². The first-order valence-electron chi connectivity index (χ1n) is 4.08. The predicted octanol–water partition coefficient (Wildman–Crippen LogP) is 2.43. The number of thioether (sulfide) groups is 1. The van der Waals surface area contributed by atoms with E-state index in [0.29, 0.717) is 5.25 Å². The summed E-state index contributed by atoms with van der Waals surface area (Å²) in [7, 11) is 0. The Labute approximate surface area is 77.8 Å². The molecule has 0 fully saturated rings. The fourth-order valence-corrected chi connectivity index (χ4v) is 1.43. The molecule has 0 amide bonds. The van der Waals surface area contributed by atoms with E-state index in [1.807, 2.05) is 30.9 Å². The minimum absolute atomic E-state index is 0.647. The zero-order chi connectivity index (χ0) is 8.97. The van der Waals surface area contributed by atoms with Crippen molar-refractivity contribution in [2.75, 3.05) is 0 Å². The van der Waals surface area contributed by atoms with Crippen LogP contribution >= 0.6 is 11.8 Å². The lowest BCUT2D eigenvalue weighted by Crippen LogP contribution is -1.96. The quantitative estimate of drug-likeness (QED) is 0.718. The molecule has 0 aromatic carbocycles. The molecule has 1 rings (SSSR count). The van der Waals surface area contributed by atoms with E-state index in [1.165, 1.54) is 0 Å². The van der Waals surface area contributed by atoms with Crippen molar-refractivity contribution >= 4 is 11.8 Å². The van der Waals surface area contributed by atoms with Gasteiger partial charge in [-0.2, -0.15) is 11.8 Å². The second kappa shape index (κ2) is 4.45. The minimum Gasteiger partial charge on any atom is -0.240 e. The molecule has 1 aromatic heterocycles. The van der Waals surface area contributed by atoms with Crippen LogP contribution in [0.2, 0.25) is 0 Å². The molecular formula is C9H14N2S. The number of aryl methyl sites for hydroxylation is 1. The third kappa shape index (κ3) is 3.22. The Hall–Kier alpha value is -0.570. The van der Waals surface area contributed by atoms with Crippen molar-refractivity contribution in [1.82, 2.24) is 9.97 Å². The molecule has 0 unspecified atom stereocenters. The Bertz CT molecular complexity index is 248. The zero-order valence-electron chi connectivity index (χ0n) is 7.74. The third-order valence-corrected chi connectivity index (χ3v) is 2.48. The molecule has 0 aliphatic heterocycles. The van der Waals surface area contributed by atoms with Crippen molar-refractivity contribution in [3.8, 4) is 0 Å². The van der Waals surface area contributed by atoms with Gasteiger partial charge in [-0.3, -0.25) is 0 Å². The maximum atomic E-state index is 4.31. The number of aromatic nitrogens is 2. The molecule has 0 aliphatic rings. The van der Waals surface area contributed by atoms with Crippen LogP contribution in [0.4, 0.5) is 0 Å². The lowest BCUT2D eigenvalue weighted by Gasteiger charge is -2.03. The molecule has 0 saturated heterocycles. The molecule has 0 radical (unpaired) electrons. The lowest BCUT2D eigenvalue weighted by atomic mass is 10.4. The standard InChI is InChI=1S/C9H14N2S/c1-7(2)12-6-9-10-5-4-8(3)11-9/h4-5,7H,6H2,1-3H3. The predicted molar refractivity (Wildman–Crippen MR) is 53.2 cm³/mol. The summed E-state index contributed by atoms with van der Waals surface area (Å²) in [6, 6.07) is 1.92. The Kier molecular flexibility index (Phi) is 3.53. The van der Waals surface area contributed by atoms with Gasteiger partial charge in [-0.1, -0.05) is 13.8 Å². The smallest absolute Gasteiger partial charge is 0.138 e. The first-order valence-corrected chi connectivity index (χ1v) is 5.13. The van der Waals surface area contributed by atoms with Gasteiger partial charge in [0.05, 0.1) is 5.75 Å². The van der Waals surface area contributed by atoms with Gasteiger partial charge in [0.25, 0.3) is 0 Å². The van der Waals surface area contributed by atoms with E-state index in [1.54, 1.807) is 0 Å². The van der Waals surface area contributed by atoms with E-state index in [4.69, 9.17) is 0 Å². The van der Waals surface area contributed by atoms with Gasteiger partial charge in [0.15, 0.2) is 0 Å². The summed E-state index contributed by atoms with van der Waals surface area (Å²) in [6.07, 6.45) is 1.82. The van der Waals surface area contributed by atoms with Crippen LogP contribution in [0.15, 0.2) is 12.3 Å². The van der Waals surface area contributed by atoms with Crippen LogP contribution in [-0.4, -0.2) is 15.2 Å². The second-order valence-corrected chi connectivity index (χ2v) is 4.54. The zero-order valence-corrected chi connectivity index (χ0v) is 8.56. The van der Waals surface area contributed by atoms with E-state index < -0.39 is 0 Å². The maximum Gasteiger partial charge on any atom is 0.138 e. The number of nitrogens with zero attached hydrogens (tertiary/aromatic N) is 2. The monoisotopic (exact) mass is 182 g/mol. The van der Waals surface area contributed by atoms with Gasteiger partial charge in [0.1, 0.15) is 5.82 Å². The van der Waals surface area contributed by atoms with Gasteiger partial charge >= 0.3 is 0 Å². The number of rotatable bonds is 3. The highest BCUT2D eigenvalue weighted by molar-refractivity contribution is 7.99. The van der Waals surface area contributed by atoms with E-state index in [-0.39, 0.29) is 0 Å². The Morgan fingerprint density at radius 1 is 1.50 bits per heavy atom. The third-order valence-electron chi connectivity index (χ3n) is 1.39. The van der Waals surface area contributed by atoms with Crippen LogP contribution in [0, 0.1) is 6.92 Å². The second-order valence-electron chi connectivity index (χ2n) is 2.97. The van der Waals surface area contributed by atoms with Crippen molar-refractivity contribution < 1.29 is 0 Å². The molecule has 0 N–H and O–H groups in total. The summed E-state index contributed by atoms with van der Waals surface area (Å²) in [6.45, 7) is 6.35. The van der Waals surface area contributed by atoms with Crippen molar-refractivity contribution in [2.45, 2.75) is 31.8 Å². The lowest BCUT2D eigenvalue weighted by molar-refractivity contribution is 0.988. The maximum absolute atomic E-state index is 4.31. The summed E-state index contributed by atoms with van der Waals surface area (Å²) in [5.74, 6) is 1.85. The summed E-state index contributed by atoms with van der Waals surface area (Å²) < 4.78 is 0. The highest BCUT2D eigenvalue weighted by Gasteiger charge is 1.98. The van der Waals surface area contributed by atoms with Crippen LogP contribution in [0.5, 0.6) is 0 Å². The summed E-state index contributed by atoms with van der Waals surface area (Å²) >= 11 is 1.87. The van der Waals surface area contributed by atoms with Crippen molar-refractivity contribution in [3.05, 3.63) is 23.8 Å². The topological polar surface area (TPSA) is 25.8 Å². The van der Waals surface area contributed by atoms with Gasteiger partial charge in [-0.15, -0.1) is 0 Å². The molecule has 0 saturated carbocycles. The van der Waals surface area contributed by atoms with Gasteiger partial charge in [0, 0.05) is 11.9 Å². The SMILES string of the molecule is Cc1ccnc(CSC(C)C)n1. The van der Waals surface area contributed by atoms with Crippen LogP contribution in [0.25, 0.3) is 0 Å². The van der Waals surface area contributed by atoms with Crippen LogP contribution in [-0.2, 0) is 5.75 Å². The summed E-state index contributed by atoms with van der Waals surface area (Å²) in [5.41, 5.74) is 1.05. The molecule has 1 aromatic rings. The van der Waals surface area contributed by atoms with Gasteiger partial charge in [-0.05, 0) is 18.2 Å². The largest absolute Gasteiger partial charge is 0.240 e. The molecule has 66 valence electrons. The van der Waals surface area contributed by atoms with E-state index >= 15 is 0 Å². The normalized spacial score (nSPS) is 10.7. The first kappa shape index (κ1) is 9.52. The average Bonchev–Trinajstić information content (AvgIpc) is 2.01. The highest BCUT2D eigenvalue weighted by atomic mass is 32.2. The van der Waals surface area contributed by atoms with Crippen molar-refractivity contribution in [1.29, 1.82) is 0 Å². The van der Waals surface area contributed by atoms with Crippen LogP contribution in [0.3, 0.4) is 0 Å². The molecule has 3 heteroatoms. The van der Waals surface area contributed by atoms with E-state index in [0.717, 1.165) is 17.3 Å². The van der Waals surface area contributed by atoms with Crippen molar-refractivity contribution in [3.63, 3.8) is 0 Å². The number of hydrogen-bond donors (Lipinski definition) is 0. The molecule has 0 aliphatic carbocycles. The minimum atomic E-state index is 0.647. The van der Waals surface area contributed by atoms with Crippen molar-refractivity contribution in [2.24, 2.45) is 0 Å². The fraction of sp³-hybridized carbons (Fsp3) is 0.556. The molecule has 0 atom stereocenters. The summed E-state index contributed by atoms with van der Waals surface area (Å²) in [5, 5.41) is 0.647. The summed E-state index contributed by atoms with van der Waals surface area (Å²) in [4.78, 5) is 8.49. The molecule has 12 heavy (non-hydrogen) atoms. The fourth-order valence-electron chi connectivity index (χ4n) is 0.812. The van der Waals surface area contributed by atoms with Gasteiger partial charge < -0.3 is 0 Å². The van der Waals surface area contributed by atoms with E-state index in [2.05, 4.69) is 23.8 Å². The number of hydrogen-bond acceptors (Lipinski definition) is 3. The molecule has 1 heterocycles. The first-order chi connectivity index (χ1) is 5.68. The average molecular weight is 182 g/mol. The molecule has 0 bridgehead atoms. The van der Waals surface area contributed by atoms with Gasteiger partial charge in [0.2, 0.25) is 0 Å². The molecule has 2 nitrogen and oxygen atoms in total. The Morgan fingerprint density at radius 3 is 2.83 bits per heavy atom. The molecule has 0 spiro atoms. The Morgan fingerprint density at radius 2 is 2.25 bits per heavy atom. The van der Waals surface area contributed by atoms with E-state index in [9.17, 15) is 0 Å².